The van der Waals surface area contributed by atoms with Gasteiger partial charge in [0.15, 0.2) is 5.82 Å². The van der Waals surface area contributed by atoms with E-state index in [0.29, 0.717) is 5.82 Å². The van der Waals surface area contributed by atoms with Gasteiger partial charge in [0.2, 0.25) is 0 Å². The molecule has 6 aromatic rings. The molecule has 0 amide bonds. The Hall–Kier alpha value is -4.85. The summed E-state index contributed by atoms with van der Waals surface area (Å²) in [5.41, 5.74) is 10.2. The maximum absolute atomic E-state index is 4.93. The molecule has 0 spiro atoms. The number of nitrogens with zero attached hydrogens (tertiary/aromatic N) is 5. The fourth-order valence-corrected chi connectivity index (χ4v) is 4.73. The molecule has 0 fully saturated rings. The van der Waals surface area contributed by atoms with Crippen molar-refractivity contribution in [2.24, 2.45) is 0 Å². The molecule has 0 unspecified atom stereocenters. The van der Waals surface area contributed by atoms with Crippen molar-refractivity contribution >= 4 is 27.6 Å². The Bertz CT molecular complexity index is 1760. The maximum atomic E-state index is 4.93. The highest BCUT2D eigenvalue weighted by atomic mass is 15.1. The van der Waals surface area contributed by atoms with Crippen molar-refractivity contribution in [1.29, 1.82) is 0 Å². The lowest BCUT2D eigenvalue weighted by atomic mass is 9.99. The third-order valence-corrected chi connectivity index (χ3v) is 6.67. The van der Waals surface area contributed by atoms with Crippen LogP contribution in [0.5, 0.6) is 0 Å². The predicted molar refractivity (Wildman–Crippen MR) is 152 cm³/mol. The summed E-state index contributed by atoms with van der Waals surface area (Å²) in [7, 11) is 0. The molecule has 0 bridgehead atoms. The number of H-pyrrole nitrogens is 2. The predicted octanol–water partition coefficient (Wildman–Crippen LogP) is 7.05. The molecule has 3 N–H and O–H groups in total. The minimum Gasteiger partial charge on any atom is -0.358 e. The first-order valence-corrected chi connectivity index (χ1v) is 12.7. The molecule has 5 aromatic heterocycles. The van der Waals surface area contributed by atoms with Crippen molar-refractivity contribution in [2.75, 3.05) is 5.32 Å². The molecule has 8 nitrogen and oxygen atoms in total. The van der Waals surface area contributed by atoms with Crippen molar-refractivity contribution in [3.8, 4) is 33.9 Å². The van der Waals surface area contributed by atoms with Gasteiger partial charge in [-0.2, -0.15) is 5.10 Å². The number of benzene rings is 1. The van der Waals surface area contributed by atoms with Crippen molar-refractivity contribution in [2.45, 2.75) is 33.1 Å². The first-order chi connectivity index (χ1) is 18.6. The Morgan fingerprint density at radius 2 is 1.89 bits per heavy atom. The summed E-state index contributed by atoms with van der Waals surface area (Å²) in [6.45, 7) is 8.44. The first-order valence-electron chi connectivity index (χ1n) is 12.7. The fraction of sp³-hybridized carbons (Fsp3) is 0.167. The van der Waals surface area contributed by atoms with Crippen LogP contribution in [0.3, 0.4) is 0 Å². The van der Waals surface area contributed by atoms with E-state index in [1.54, 1.807) is 18.6 Å². The molecule has 0 radical (unpaired) electrons. The SMILES string of the molecule is C=C(CCCC)Nc1cncc(-c2cc3c(-c4nc5c(-c6ccccn6)cncc5[nH]4)n[nH]c3cc2C)c1. The third kappa shape index (κ3) is 4.41. The lowest BCUT2D eigenvalue weighted by Crippen LogP contribution is -1.99. The quantitative estimate of drug-likeness (QED) is 0.207. The Labute approximate surface area is 220 Å². The minimum atomic E-state index is 0.673. The second kappa shape index (κ2) is 9.89. The number of hydrogen-bond donors (Lipinski definition) is 3. The number of pyridine rings is 3. The molecular weight excluding hydrogens is 472 g/mol. The minimum absolute atomic E-state index is 0.673. The number of aromatic amines is 2. The number of rotatable bonds is 8. The Morgan fingerprint density at radius 3 is 2.74 bits per heavy atom. The molecule has 0 aliphatic heterocycles. The lowest BCUT2D eigenvalue weighted by molar-refractivity contribution is 0.791. The van der Waals surface area contributed by atoms with Gasteiger partial charge in [-0.1, -0.05) is 26.0 Å². The summed E-state index contributed by atoms with van der Waals surface area (Å²) in [5, 5.41) is 12.2. The van der Waals surface area contributed by atoms with E-state index >= 15 is 0 Å². The van der Waals surface area contributed by atoms with Crippen LogP contribution in [0.25, 0.3) is 55.8 Å². The van der Waals surface area contributed by atoms with E-state index in [0.717, 1.165) is 86.2 Å². The number of hydrogen-bond acceptors (Lipinski definition) is 6. The van der Waals surface area contributed by atoms with Gasteiger partial charge in [0.05, 0.1) is 34.8 Å². The second-order valence-corrected chi connectivity index (χ2v) is 9.46. The number of aryl methyl sites for hydroxylation is 1. The normalized spacial score (nSPS) is 11.3. The number of nitrogens with one attached hydrogen (secondary N) is 3. The third-order valence-electron chi connectivity index (χ3n) is 6.67. The zero-order chi connectivity index (χ0) is 26.1. The zero-order valence-electron chi connectivity index (χ0n) is 21.4. The molecule has 188 valence electrons. The van der Waals surface area contributed by atoms with E-state index in [-0.39, 0.29) is 0 Å². The van der Waals surface area contributed by atoms with Crippen LogP contribution in [0.1, 0.15) is 31.7 Å². The largest absolute Gasteiger partial charge is 0.358 e. The van der Waals surface area contributed by atoms with Gasteiger partial charge < -0.3 is 10.3 Å². The monoisotopic (exact) mass is 500 g/mol. The summed E-state index contributed by atoms with van der Waals surface area (Å²) in [5.74, 6) is 0.673. The van der Waals surface area contributed by atoms with E-state index in [1.807, 2.05) is 30.6 Å². The maximum Gasteiger partial charge on any atom is 0.159 e. The van der Waals surface area contributed by atoms with Crippen LogP contribution in [-0.4, -0.2) is 35.1 Å². The molecular formula is C30H28N8. The smallest absolute Gasteiger partial charge is 0.159 e. The van der Waals surface area contributed by atoms with Crippen LogP contribution in [0.15, 0.2) is 79.7 Å². The highest BCUT2D eigenvalue weighted by Crippen LogP contribution is 2.34. The molecule has 0 atom stereocenters. The summed E-state index contributed by atoms with van der Waals surface area (Å²) >= 11 is 0. The standard InChI is InChI=1S/C30H28N8/c1-4-5-8-19(3)34-21-12-20(14-31-15-21)22-13-23-26(11-18(22)2)37-38-29(23)30-35-27-17-32-16-24(28(27)36-30)25-9-6-7-10-33-25/h6-7,9-17,34H,3-5,8H2,1-2H3,(H,35,36)(H,37,38). The van der Waals surface area contributed by atoms with E-state index in [1.165, 1.54) is 0 Å². The molecule has 0 saturated heterocycles. The molecule has 0 aliphatic carbocycles. The van der Waals surface area contributed by atoms with Crippen molar-refractivity contribution in [3.63, 3.8) is 0 Å². The number of allylic oxidation sites excluding steroid dienone is 1. The van der Waals surface area contributed by atoms with E-state index in [2.05, 4.69) is 74.1 Å². The first kappa shape index (κ1) is 23.5. The van der Waals surface area contributed by atoms with E-state index < -0.39 is 0 Å². The number of aromatic nitrogens is 7. The highest BCUT2D eigenvalue weighted by Gasteiger charge is 2.17. The molecule has 1 aromatic carbocycles. The molecule has 5 heterocycles. The van der Waals surface area contributed by atoms with Crippen LogP contribution < -0.4 is 5.32 Å². The van der Waals surface area contributed by atoms with E-state index in [4.69, 9.17) is 4.98 Å². The van der Waals surface area contributed by atoms with Gasteiger partial charge in [-0.15, -0.1) is 0 Å². The van der Waals surface area contributed by atoms with Crippen LogP contribution in [0, 0.1) is 6.92 Å². The Kier molecular flexibility index (Phi) is 6.13. The molecule has 6 rings (SSSR count). The summed E-state index contributed by atoms with van der Waals surface area (Å²) in [4.78, 5) is 21.7. The van der Waals surface area contributed by atoms with Crippen LogP contribution >= 0.6 is 0 Å². The zero-order valence-corrected chi connectivity index (χ0v) is 21.4. The Morgan fingerprint density at radius 1 is 1.00 bits per heavy atom. The molecule has 38 heavy (non-hydrogen) atoms. The average molecular weight is 501 g/mol. The van der Waals surface area contributed by atoms with Crippen molar-refractivity contribution in [1.82, 2.24) is 35.1 Å². The van der Waals surface area contributed by atoms with Crippen LogP contribution in [-0.2, 0) is 0 Å². The lowest BCUT2D eigenvalue weighted by Gasteiger charge is -2.12. The second-order valence-electron chi connectivity index (χ2n) is 9.46. The number of fused-ring (bicyclic) bond motifs is 2. The highest BCUT2D eigenvalue weighted by molar-refractivity contribution is 5.98. The topological polar surface area (TPSA) is 108 Å². The fourth-order valence-electron chi connectivity index (χ4n) is 4.73. The van der Waals surface area contributed by atoms with Crippen molar-refractivity contribution in [3.05, 3.63) is 85.2 Å². The molecule has 0 aliphatic rings. The number of anilines is 1. The number of imidazole rings is 1. The van der Waals surface area contributed by atoms with Gasteiger partial charge >= 0.3 is 0 Å². The van der Waals surface area contributed by atoms with Crippen LogP contribution in [0.4, 0.5) is 5.69 Å². The Balaban J connectivity index is 1.40. The molecule has 8 heteroatoms. The van der Waals surface area contributed by atoms with Crippen LogP contribution in [0.2, 0.25) is 0 Å². The van der Waals surface area contributed by atoms with Gasteiger partial charge in [-0.3, -0.25) is 20.1 Å². The molecule has 0 saturated carbocycles. The van der Waals surface area contributed by atoms with Gasteiger partial charge in [-0.05, 0) is 61.2 Å². The summed E-state index contributed by atoms with van der Waals surface area (Å²) < 4.78 is 0. The van der Waals surface area contributed by atoms with Gasteiger partial charge in [0, 0.05) is 40.8 Å². The van der Waals surface area contributed by atoms with E-state index in [9.17, 15) is 0 Å². The average Bonchev–Trinajstić information content (AvgIpc) is 3.55. The van der Waals surface area contributed by atoms with Gasteiger partial charge in [0.25, 0.3) is 0 Å². The van der Waals surface area contributed by atoms with Crippen molar-refractivity contribution < 1.29 is 0 Å². The van der Waals surface area contributed by atoms with Gasteiger partial charge in [-0.25, -0.2) is 4.98 Å². The summed E-state index contributed by atoms with van der Waals surface area (Å²) in [6, 6.07) is 12.2. The van der Waals surface area contributed by atoms with Gasteiger partial charge in [0.1, 0.15) is 11.2 Å². The summed E-state index contributed by atoms with van der Waals surface area (Å²) in [6.07, 6.45) is 12.3. The number of unbranched alkanes of at least 4 members (excludes halogenated alkanes) is 1.